The zero-order valence-corrected chi connectivity index (χ0v) is 12.6. The van der Waals surface area contributed by atoms with Crippen LogP contribution in [0.25, 0.3) is 0 Å². The van der Waals surface area contributed by atoms with E-state index in [2.05, 4.69) is 5.32 Å². The van der Waals surface area contributed by atoms with Crippen molar-refractivity contribution in [2.24, 2.45) is 0 Å². The van der Waals surface area contributed by atoms with Crippen molar-refractivity contribution < 1.29 is 28.6 Å². The van der Waals surface area contributed by atoms with E-state index >= 15 is 0 Å². The number of alkyl halides is 1. The van der Waals surface area contributed by atoms with Gasteiger partial charge in [-0.05, 0) is 39.0 Å². The lowest BCUT2D eigenvalue weighted by Gasteiger charge is -2.23. The summed E-state index contributed by atoms with van der Waals surface area (Å²) >= 11 is 0. The van der Waals surface area contributed by atoms with Crippen molar-refractivity contribution in [1.82, 2.24) is 0 Å². The second-order valence-corrected chi connectivity index (χ2v) is 6.06. The maximum atomic E-state index is 13.3. The summed E-state index contributed by atoms with van der Waals surface area (Å²) in [6.07, 6.45) is -0.674. The highest BCUT2D eigenvalue weighted by Gasteiger charge is 2.45. The molecule has 0 aromatic heterocycles. The summed E-state index contributed by atoms with van der Waals surface area (Å²) < 4.78 is 23.3. The van der Waals surface area contributed by atoms with Gasteiger partial charge in [0, 0.05) is 11.3 Å². The molecule has 1 heterocycles. The summed E-state index contributed by atoms with van der Waals surface area (Å²) in [5.74, 6) is -0.703. The van der Waals surface area contributed by atoms with Crippen molar-refractivity contribution in [3.05, 3.63) is 29.3 Å². The number of hydrogen-bond donors (Lipinski definition) is 2. The third-order valence-electron chi connectivity index (χ3n) is 3.13. The van der Waals surface area contributed by atoms with E-state index in [1.54, 1.807) is 20.8 Å². The molecule has 1 atom stereocenters. The molecule has 1 aromatic rings. The van der Waals surface area contributed by atoms with E-state index in [0.29, 0.717) is 5.69 Å². The molecular weight excluding hydrogens is 293 g/mol. The highest BCUT2D eigenvalue weighted by atomic mass is 19.1. The number of aliphatic hydroxyl groups is 1. The summed E-state index contributed by atoms with van der Waals surface area (Å²) in [7, 11) is 0. The summed E-state index contributed by atoms with van der Waals surface area (Å²) in [5.41, 5.74) is -1.68. The van der Waals surface area contributed by atoms with Crippen LogP contribution in [0.2, 0.25) is 0 Å². The Kier molecular flexibility index (Phi) is 4.10. The number of amides is 1. The number of fused-ring (bicyclic) bond motifs is 1. The van der Waals surface area contributed by atoms with Gasteiger partial charge in [-0.2, -0.15) is 0 Å². The number of rotatable bonds is 3. The number of carbonyl (C=O) groups excluding carboxylic acids is 2. The average molecular weight is 311 g/mol. The highest BCUT2D eigenvalue weighted by Crippen LogP contribution is 2.38. The van der Waals surface area contributed by atoms with E-state index in [4.69, 9.17) is 9.47 Å². The van der Waals surface area contributed by atoms with E-state index in [-0.39, 0.29) is 11.1 Å². The lowest BCUT2D eigenvalue weighted by atomic mass is 9.93. The predicted octanol–water partition coefficient (Wildman–Crippen LogP) is 2.36. The van der Waals surface area contributed by atoms with Crippen LogP contribution in [0, 0.1) is 0 Å². The Hall–Kier alpha value is -2.15. The number of hydrogen-bond acceptors (Lipinski definition) is 5. The van der Waals surface area contributed by atoms with E-state index < -0.39 is 36.5 Å². The maximum Gasteiger partial charge on any atom is 0.412 e. The van der Waals surface area contributed by atoms with Crippen molar-refractivity contribution in [2.45, 2.75) is 32.0 Å². The van der Waals surface area contributed by atoms with Crippen LogP contribution in [0.15, 0.2) is 18.2 Å². The van der Waals surface area contributed by atoms with Gasteiger partial charge in [-0.3, -0.25) is 5.32 Å². The molecular formula is C15H18FNO5. The Morgan fingerprint density at radius 3 is 2.68 bits per heavy atom. The lowest BCUT2D eigenvalue weighted by molar-refractivity contribution is -0.0513. The minimum absolute atomic E-state index is 0.168. The third kappa shape index (κ3) is 3.04. The van der Waals surface area contributed by atoms with Crippen LogP contribution in [0.5, 0.6) is 0 Å². The van der Waals surface area contributed by atoms with Gasteiger partial charge in [-0.25, -0.2) is 14.0 Å². The van der Waals surface area contributed by atoms with Crippen molar-refractivity contribution >= 4 is 17.7 Å². The summed E-state index contributed by atoms with van der Waals surface area (Å²) in [6, 6.07) is 4.30. The van der Waals surface area contributed by atoms with Gasteiger partial charge in [0.2, 0.25) is 0 Å². The third-order valence-corrected chi connectivity index (χ3v) is 3.13. The smallest absolute Gasteiger partial charge is 0.412 e. The van der Waals surface area contributed by atoms with Gasteiger partial charge in [0.1, 0.15) is 12.3 Å². The molecule has 0 fully saturated rings. The van der Waals surface area contributed by atoms with Crippen LogP contribution >= 0.6 is 0 Å². The first kappa shape index (κ1) is 16.2. The van der Waals surface area contributed by atoms with Gasteiger partial charge >= 0.3 is 12.1 Å². The quantitative estimate of drug-likeness (QED) is 0.837. The van der Waals surface area contributed by atoms with Crippen LogP contribution in [-0.4, -0.2) is 36.1 Å². The molecule has 0 radical (unpaired) electrons. The first-order valence-electron chi connectivity index (χ1n) is 6.75. The van der Waals surface area contributed by atoms with Crippen LogP contribution in [-0.2, 0) is 15.1 Å². The number of halogens is 1. The molecule has 1 aromatic carbocycles. The van der Waals surface area contributed by atoms with Gasteiger partial charge in [0.25, 0.3) is 0 Å². The fourth-order valence-corrected chi connectivity index (χ4v) is 2.14. The van der Waals surface area contributed by atoms with Gasteiger partial charge < -0.3 is 14.6 Å². The second-order valence-electron chi connectivity index (χ2n) is 6.06. The summed E-state index contributed by atoms with van der Waals surface area (Å²) in [5, 5.41) is 11.9. The summed E-state index contributed by atoms with van der Waals surface area (Å²) in [6.45, 7) is 3.43. The molecule has 1 amide bonds. The van der Waals surface area contributed by atoms with E-state index in [9.17, 15) is 19.1 Å². The minimum atomic E-state index is -1.71. The van der Waals surface area contributed by atoms with E-state index in [1.165, 1.54) is 18.2 Å². The van der Waals surface area contributed by atoms with Gasteiger partial charge in [-0.15, -0.1) is 0 Å². The second kappa shape index (κ2) is 5.57. The Bertz CT molecular complexity index is 604. The Morgan fingerprint density at radius 2 is 2.14 bits per heavy atom. The molecule has 2 N–H and O–H groups in total. The molecule has 1 unspecified atom stereocenters. The van der Waals surface area contributed by atoms with Crippen molar-refractivity contribution in [3.8, 4) is 0 Å². The Morgan fingerprint density at radius 1 is 1.45 bits per heavy atom. The number of aliphatic hydroxyl groups excluding tert-OH is 1. The largest absolute Gasteiger partial charge is 0.445 e. The standard InChI is InChI=1S/C15H18FNO5/c1-14(2,3)22-13(20)17-9-4-5-10-11(6-9)15(7-16,8-18)21-12(10)19/h4-6,18H,7-8H2,1-3H3,(H,17,20). The number of nitrogens with one attached hydrogen (secondary N) is 1. The zero-order valence-electron chi connectivity index (χ0n) is 12.6. The number of esters is 1. The van der Waals surface area contributed by atoms with Gasteiger partial charge in [0.15, 0.2) is 5.60 Å². The first-order chi connectivity index (χ1) is 10.2. The molecule has 1 aliphatic heterocycles. The zero-order chi connectivity index (χ0) is 16.5. The fraction of sp³-hybridized carbons (Fsp3) is 0.467. The SMILES string of the molecule is CC(C)(C)OC(=O)Nc1ccc2c(c1)C(CO)(CF)OC2=O. The van der Waals surface area contributed by atoms with E-state index in [0.717, 1.165) is 0 Å². The Balaban J connectivity index is 2.28. The number of benzene rings is 1. The van der Waals surface area contributed by atoms with Crippen LogP contribution < -0.4 is 5.32 Å². The molecule has 1 aliphatic rings. The molecule has 6 nitrogen and oxygen atoms in total. The van der Waals surface area contributed by atoms with Gasteiger partial charge in [0.05, 0.1) is 12.2 Å². The molecule has 22 heavy (non-hydrogen) atoms. The van der Waals surface area contributed by atoms with Crippen molar-refractivity contribution in [2.75, 3.05) is 18.6 Å². The molecule has 120 valence electrons. The van der Waals surface area contributed by atoms with E-state index in [1.807, 2.05) is 0 Å². The predicted molar refractivity (Wildman–Crippen MR) is 76.5 cm³/mol. The van der Waals surface area contributed by atoms with Crippen LogP contribution in [0.4, 0.5) is 14.9 Å². The molecule has 0 saturated heterocycles. The highest BCUT2D eigenvalue weighted by molar-refractivity contribution is 5.96. The molecule has 0 spiro atoms. The number of ether oxygens (including phenoxy) is 2. The van der Waals surface area contributed by atoms with Crippen molar-refractivity contribution in [3.63, 3.8) is 0 Å². The van der Waals surface area contributed by atoms with Crippen molar-refractivity contribution in [1.29, 1.82) is 0 Å². The number of anilines is 1. The van der Waals surface area contributed by atoms with Crippen LogP contribution in [0.1, 0.15) is 36.7 Å². The van der Waals surface area contributed by atoms with Crippen LogP contribution in [0.3, 0.4) is 0 Å². The maximum absolute atomic E-state index is 13.3. The molecule has 0 saturated carbocycles. The molecule has 2 rings (SSSR count). The average Bonchev–Trinajstić information content (AvgIpc) is 2.69. The lowest BCUT2D eigenvalue weighted by Crippen LogP contribution is -2.33. The monoisotopic (exact) mass is 311 g/mol. The molecule has 0 aliphatic carbocycles. The minimum Gasteiger partial charge on any atom is -0.445 e. The molecule has 0 bridgehead atoms. The fourth-order valence-electron chi connectivity index (χ4n) is 2.14. The van der Waals surface area contributed by atoms with Gasteiger partial charge in [-0.1, -0.05) is 0 Å². The normalized spacial score (nSPS) is 20.3. The number of carbonyl (C=O) groups is 2. The number of cyclic esters (lactones) is 1. The first-order valence-corrected chi connectivity index (χ1v) is 6.75. The summed E-state index contributed by atoms with van der Waals surface area (Å²) in [4.78, 5) is 23.4. The topological polar surface area (TPSA) is 84.9 Å². The Labute approximate surface area is 127 Å². The molecule has 7 heteroatoms.